The molecule has 0 aromatic heterocycles. The van der Waals surface area contributed by atoms with Crippen molar-refractivity contribution in [3.05, 3.63) is 0 Å². The topological polar surface area (TPSA) is 75.9 Å². The van der Waals surface area contributed by atoms with Crippen LogP contribution in [-0.2, 0) is 4.74 Å². The lowest BCUT2D eigenvalue weighted by Gasteiger charge is -2.55. The number of rotatable bonds is 4. The number of fused-ring (bicyclic) bond motifs is 4. The molecule has 1 atom stereocenters. The van der Waals surface area contributed by atoms with Crippen LogP contribution >= 0.6 is 0 Å². The van der Waals surface area contributed by atoms with E-state index < -0.39 is 6.09 Å². The van der Waals surface area contributed by atoms with Crippen LogP contribution in [-0.4, -0.2) is 51.7 Å². The van der Waals surface area contributed by atoms with Crippen molar-refractivity contribution in [1.82, 2.24) is 9.80 Å². The van der Waals surface area contributed by atoms with Gasteiger partial charge >= 0.3 is 12.1 Å². The van der Waals surface area contributed by atoms with Crippen molar-refractivity contribution in [3.63, 3.8) is 0 Å². The average molecular weight is 347 g/mol. The minimum absolute atomic E-state index is 0.0132. The summed E-state index contributed by atoms with van der Waals surface area (Å²) in [7, 11) is 0. The van der Waals surface area contributed by atoms with Gasteiger partial charge in [-0.05, 0) is 63.7 Å². The maximum Gasteiger partial charge on any atom is 0.405 e. The Hall–Kier alpha value is -1.46. The second-order valence-corrected chi connectivity index (χ2v) is 9.32. The van der Waals surface area contributed by atoms with Gasteiger partial charge in [-0.15, -0.1) is 0 Å². The predicted molar refractivity (Wildman–Crippen MR) is 91.9 cm³/mol. The molecule has 2 N–H and O–H groups in total. The van der Waals surface area contributed by atoms with Gasteiger partial charge in [-0.3, -0.25) is 0 Å². The summed E-state index contributed by atoms with van der Waals surface area (Å²) in [5.41, 5.74) is 5.02. The second kappa shape index (κ2) is 5.04. The fourth-order valence-corrected chi connectivity index (χ4v) is 6.32. The summed E-state index contributed by atoms with van der Waals surface area (Å²) in [4.78, 5) is 29.0. The van der Waals surface area contributed by atoms with Crippen molar-refractivity contribution in [3.8, 4) is 0 Å². The standard InChI is InChI=1S/C19H29N3O3/c20-15(23)25-19-8-5-17(6-9-19,7-10-19)22-13-18(12-14-2-3-14)4-1-11-21(18)16(22)24/h14H,1-13H2,(H2,20,23)/t17?,18-,19?/m1/s1. The Morgan fingerprint density at radius 1 is 1.08 bits per heavy atom. The summed E-state index contributed by atoms with van der Waals surface area (Å²) in [6.45, 7) is 1.86. The summed E-state index contributed by atoms with van der Waals surface area (Å²) < 4.78 is 5.48. The van der Waals surface area contributed by atoms with Gasteiger partial charge in [-0.25, -0.2) is 9.59 Å². The van der Waals surface area contributed by atoms with Gasteiger partial charge in [0.2, 0.25) is 0 Å². The lowest BCUT2D eigenvalue weighted by Crippen LogP contribution is -2.61. The highest BCUT2D eigenvalue weighted by atomic mass is 16.6. The molecule has 2 aliphatic heterocycles. The number of ether oxygens (including phenoxy) is 1. The normalized spacial score (nSPS) is 42.8. The molecule has 0 aromatic carbocycles. The van der Waals surface area contributed by atoms with Crippen LogP contribution < -0.4 is 5.73 Å². The molecule has 0 radical (unpaired) electrons. The van der Waals surface area contributed by atoms with Crippen molar-refractivity contribution in [1.29, 1.82) is 0 Å². The Balaban J connectivity index is 1.36. The fraction of sp³-hybridized carbons (Fsp3) is 0.895. The van der Waals surface area contributed by atoms with Gasteiger partial charge in [0.1, 0.15) is 5.60 Å². The maximum absolute atomic E-state index is 13.3. The highest BCUT2D eigenvalue weighted by molar-refractivity contribution is 5.80. The van der Waals surface area contributed by atoms with Crippen LogP contribution in [0.4, 0.5) is 9.59 Å². The minimum atomic E-state index is -0.657. The van der Waals surface area contributed by atoms with Gasteiger partial charge in [0.25, 0.3) is 0 Å². The van der Waals surface area contributed by atoms with E-state index in [-0.39, 0.29) is 22.7 Å². The molecule has 4 aliphatic carbocycles. The Labute approximate surface area is 149 Å². The number of carbonyl (C=O) groups excluding carboxylic acids is 2. The zero-order valence-corrected chi connectivity index (χ0v) is 15.0. The molecule has 0 spiro atoms. The summed E-state index contributed by atoms with van der Waals surface area (Å²) in [5, 5.41) is 0. The van der Waals surface area contributed by atoms with Gasteiger partial charge in [-0.1, -0.05) is 12.8 Å². The monoisotopic (exact) mass is 347 g/mol. The summed E-state index contributed by atoms with van der Waals surface area (Å²) in [5.74, 6) is 0.847. The Bertz CT molecular complexity index is 593. The van der Waals surface area contributed by atoms with E-state index in [1.54, 1.807) is 0 Å². The number of carbonyl (C=O) groups is 2. The van der Waals surface area contributed by atoms with Crippen LogP contribution in [0.3, 0.4) is 0 Å². The maximum atomic E-state index is 13.3. The third kappa shape index (κ3) is 2.28. The number of urea groups is 1. The number of nitrogens with two attached hydrogens (primary N) is 1. The smallest absolute Gasteiger partial charge is 0.405 e. The van der Waals surface area contributed by atoms with Crippen molar-refractivity contribution in [2.24, 2.45) is 11.7 Å². The third-order valence-corrected chi connectivity index (χ3v) is 7.90. The van der Waals surface area contributed by atoms with Gasteiger partial charge in [0, 0.05) is 18.6 Å². The van der Waals surface area contributed by atoms with Gasteiger partial charge < -0.3 is 20.3 Å². The van der Waals surface area contributed by atoms with E-state index in [0.717, 1.165) is 64.0 Å². The van der Waals surface area contributed by atoms with E-state index in [4.69, 9.17) is 10.5 Å². The molecule has 0 unspecified atom stereocenters. The molecule has 6 heteroatoms. The highest BCUT2D eigenvalue weighted by Crippen LogP contribution is 2.55. The first kappa shape index (κ1) is 15.8. The molecule has 6 fully saturated rings. The third-order valence-electron chi connectivity index (χ3n) is 7.90. The van der Waals surface area contributed by atoms with E-state index in [1.807, 2.05) is 0 Å². The first-order valence-electron chi connectivity index (χ1n) is 10.0. The van der Waals surface area contributed by atoms with E-state index >= 15 is 0 Å². The SMILES string of the molecule is NC(=O)OC12CCC(N3C[C@]4(CC5CC5)CCCN4C3=O)(CC1)CC2. The number of hydrogen-bond donors (Lipinski definition) is 1. The van der Waals surface area contributed by atoms with Crippen molar-refractivity contribution in [2.45, 2.75) is 87.3 Å². The quantitative estimate of drug-likeness (QED) is 0.849. The lowest BCUT2D eigenvalue weighted by molar-refractivity contribution is -0.101. The molecule has 2 saturated heterocycles. The Morgan fingerprint density at radius 2 is 1.76 bits per heavy atom. The van der Waals surface area contributed by atoms with E-state index in [2.05, 4.69) is 9.80 Å². The molecule has 25 heavy (non-hydrogen) atoms. The zero-order valence-electron chi connectivity index (χ0n) is 15.0. The van der Waals surface area contributed by atoms with E-state index in [9.17, 15) is 9.59 Å². The fourth-order valence-electron chi connectivity index (χ4n) is 6.32. The van der Waals surface area contributed by atoms with Gasteiger partial charge in [-0.2, -0.15) is 0 Å². The first-order chi connectivity index (χ1) is 12.0. The van der Waals surface area contributed by atoms with Crippen LogP contribution in [0, 0.1) is 5.92 Å². The van der Waals surface area contributed by atoms with Crippen molar-refractivity contribution < 1.29 is 14.3 Å². The number of amides is 3. The number of hydrogen-bond acceptors (Lipinski definition) is 3. The molecular weight excluding hydrogens is 318 g/mol. The molecule has 4 saturated carbocycles. The number of primary amides is 1. The van der Waals surface area contributed by atoms with Crippen molar-refractivity contribution >= 4 is 12.1 Å². The molecule has 2 heterocycles. The molecule has 6 nitrogen and oxygen atoms in total. The molecule has 2 bridgehead atoms. The van der Waals surface area contributed by atoms with Crippen LogP contribution in [0.15, 0.2) is 0 Å². The van der Waals surface area contributed by atoms with Crippen LogP contribution in [0.2, 0.25) is 0 Å². The molecular formula is C19H29N3O3. The number of nitrogens with zero attached hydrogens (tertiary/aromatic N) is 2. The highest BCUT2D eigenvalue weighted by Gasteiger charge is 2.61. The molecule has 0 aromatic rings. The minimum Gasteiger partial charge on any atom is -0.443 e. The molecule has 138 valence electrons. The van der Waals surface area contributed by atoms with Gasteiger partial charge in [0.15, 0.2) is 0 Å². The molecule has 3 amide bonds. The average Bonchev–Trinajstić information content (AvgIpc) is 3.22. The predicted octanol–water partition coefficient (Wildman–Crippen LogP) is 3.00. The van der Waals surface area contributed by atoms with Crippen LogP contribution in [0.5, 0.6) is 0 Å². The first-order valence-corrected chi connectivity index (χ1v) is 10.0. The lowest BCUT2D eigenvalue weighted by atomic mass is 9.62. The zero-order chi connectivity index (χ0) is 17.3. The van der Waals surface area contributed by atoms with E-state index in [0.29, 0.717) is 0 Å². The van der Waals surface area contributed by atoms with Gasteiger partial charge in [0.05, 0.1) is 5.54 Å². The Kier molecular flexibility index (Phi) is 3.18. The summed E-state index contributed by atoms with van der Waals surface area (Å²) >= 11 is 0. The van der Waals surface area contributed by atoms with Crippen LogP contribution in [0.25, 0.3) is 0 Å². The molecule has 6 rings (SSSR count). The van der Waals surface area contributed by atoms with E-state index in [1.165, 1.54) is 25.7 Å². The summed E-state index contributed by atoms with van der Waals surface area (Å²) in [6, 6.07) is 0.281. The second-order valence-electron chi connectivity index (χ2n) is 9.32. The van der Waals surface area contributed by atoms with Crippen molar-refractivity contribution in [2.75, 3.05) is 13.1 Å². The Morgan fingerprint density at radius 3 is 2.36 bits per heavy atom. The van der Waals surface area contributed by atoms with Crippen LogP contribution in [0.1, 0.15) is 70.6 Å². The summed E-state index contributed by atoms with van der Waals surface area (Å²) in [6.07, 6.45) is 10.9. The molecule has 6 aliphatic rings. The largest absolute Gasteiger partial charge is 0.443 e.